The Bertz CT molecular complexity index is 537. The normalized spacial score (nSPS) is 12.9. The maximum atomic E-state index is 12.2. The second kappa shape index (κ2) is 7.40. The van der Waals surface area contributed by atoms with Crippen molar-refractivity contribution in [2.75, 3.05) is 7.11 Å². The topological polar surface area (TPSA) is 72.5 Å². The smallest absolute Gasteiger partial charge is 0.323 e. The lowest BCUT2D eigenvalue weighted by Gasteiger charge is -2.16. The number of sulfonamides is 1. The Labute approximate surface area is 120 Å². The summed E-state index contributed by atoms with van der Waals surface area (Å²) in [6, 6.07) is 5.63. The number of unbranched alkanes of at least 4 members (excludes halogenated alkanes) is 1. The van der Waals surface area contributed by atoms with E-state index in [1.54, 1.807) is 12.1 Å². The molecule has 5 nitrogen and oxygen atoms in total. The Hall–Kier alpha value is -1.40. The summed E-state index contributed by atoms with van der Waals surface area (Å²) >= 11 is 0. The predicted molar refractivity (Wildman–Crippen MR) is 76.8 cm³/mol. The third-order valence-electron chi connectivity index (χ3n) is 2.96. The summed E-state index contributed by atoms with van der Waals surface area (Å²) in [5.74, 6) is -0.561. The molecule has 20 heavy (non-hydrogen) atoms. The third-order valence-corrected chi connectivity index (χ3v) is 4.45. The van der Waals surface area contributed by atoms with E-state index in [0.29, 0.717) is 6.42 Å². The fourth-order valence-corrected chi connectivity index (χ4v) is 2.97. The van der Waals surface area contributed by atoms with E-state index in [2.05, 4.69) is 9.46 Å². The van der Waals surface area contributed by atoms with Gasteiger partial charge in [-0.2, -0.15) is 4.72 Å². The molecule has 1 N–H and O–H groups in total. The van der Waals surface area contributed by atoms with Crippen molar-refractivity contribution in [1.29, 1.82) is 0 Å². The molecule has 1 atom stereocenters. The van der Waals surface area contributed by atoms with Gasteiger partial charge < -0.3 is 4.74 Å². The van der Waals surface area contributed by atoms with Crippen molar-refractivity contribution in [3.8, 4) is 0 Å². The van der Waals surface area contributed by atoms with Gasteiger partial charge in [0, 0.05) is 0 Å². The summed E-state index contributed by atoms with van der Waals surface area (Å²) in [4.78, 5) is 11.8. The maximum Gasteiger partial charge on any atom is 0.323 e. The van der Waals surface area contributed by atoms with Crippen molar-refractivity contribution < 1.29 is 17.9 Å². The van der Waals surface area contributed by atoms with Crippen LogP contribution in [0.1, 0.15) is 31.7 Å². The lowest BCUT2D eigenvalue weighted by Crippen LogP contribution is -2.41. The van der Waals surface area contributed by atoms with Gasteiger partial charge in [-0.05, 0) is 25.5 Å². The lowest BCUT2D eigenvalue weighted by molar-refractivity contribution is -0.142. The third kappa shape index (κ3) is 4.61. The minimum atomic E-state index is -3.71. The summed E-state index contributed by atoms with van der Waals surface area (Å²) in [7, 11) is -2.46. The summed E-state index contributed by atoms with van der Waals surface area (Å²) in [5.41, 5.74) is 0.972. The standard InChI is InChI=1S/C14H21NO4S/c1-4-5-6-13(14(16)19-3)15-20(17,18)12-9-7-11(2)8-10-12/h7-10,13,15H,4-6H2,1-3H3. The highest BCUT2D eigenvalue weighted by molar-refractivity contribution is 7.89. The average Bonchev–Trinajstić information content (AvgIpc) is 2.43. The number of ether oxygens (including phenoxy) is 1. The summed E-state index contributed by atoms with van der Waals surface area (Å²) < 4.78 is 31.5. The van der Waals surface area contributed by atoms with E-state index in [9.17, 15) is 13.2 Å². The van der Waals surface area contributed by atoms with Gasteiger partial charge in [-0.25, -0.2) is 8.42 Å². The van der Waals surface area contributed by atoms with Crippen LogP contribution >= 0.6 is 0 Å². The van der Waals surface area contributed by atoms with Gasteiger partial charge in [-0.15, -0.1) is 0 Å². The first-order chi connectivity index (χ1) is 9.40. The van der Waals surface area contributed by atoms with E-state index in [0.717, 1.165) is 18.4 Å². The fourth-order valence-electron chi connectivity index (χ4n) is 1.75. The molecule has 0 heterocycles. The molecule has 0 aliphatic rings. The number of methoxy groups -OCH3 is 1. The van der Waals surface area contributed by atoms with Crippen molar-refractivity contribution >= 4 is 16.0 Å². The number of rotatable bonds is 7. The Morgan fingerprint density at radius 2 is 1.90 bits per heavy atom. The molecule has 0 radical (unpaired) electrons. The largest absolute Gasteiger partial charge is 0.468 e. The molecule has 0 aliphatic carbocycles. The fraction of sp³-hybridized carbons (Fsp3) is 0.500. The van der Waals surface area contributed by atoms with Gasteiger partial charge in [0.15, 0.2) is 0 Å². The molecule has 0 saturated heterocycles. The SMILES string of the molecule is CCCCC(NS(=O)(=O)c1ccc(C)cc1)C(=O)OC. The summed E-state index contributed by atoms with van der Waals surface area (Å²) in [6.45, 7) is 3.85. The highest BCUT2D eigenvalue weighted by Crippen LogP contribution is 2.12. The molecule has 112 valence electrons. The number of hydrogen-bond acceptors (Lipinski definition) is 4. The second-order valence-electron chi connectivity index (χ2n) is 4.65. The Morgan fingerprint density at radius 1 is 1.30 bits per heavy atom. The summed E-state index contributed by atoms with van der Waals surface area (Å²) in [5, 5.41) is 0. The molecule has 0 bridgehead atoms. The molecule has 6 heteroatoms. The lowest BCUT2D eigenvalue weighted by atomic mass is 10.1. The molecule has 0 amide bonds. The molecule has 0 fully saturated rings. The van der Waals surface area contributed by atoms with Gasteiger partial charge in [-0.1, -0.05) is 37.5 Å². The van der Waals surface area contributed by atoms with Crippen molar-refractivity contribution in [1.82, 2.24) is 4.72 Å². The molecule has 0 aromatic heterocycles. The number of carbonyl (C=O) groups excluding carboxylic acids is 1. The first kappa shape index (κ1) is 16.7. The number of aryl methyl sites for hydroxylation is 1. The monoisotopic (exact) mass is 299 g/mol. The van der Waals surface area contributed by atoms with Crippen LogP contribution < -0.4 is 4.72 Å². The van der Waals surface area contributed by atoms with E-state index >= 15 is 0 Å². The number of nitrogens with one attached hydrogen (secondary N) is 1. The second-order valence-corrected chi connectivity index (χ2v) is 6.37. The van der Waals surface area contributed by atoms with Crippen LogP contribution in [0.2, 0.25) is 0 Å². The molecular weight excluding hydrogens is 278 g/mol. The number of hydrogen-bond donors (Lipinski definition) is 1. The molecule has 0 aliphatic heterocycles. The predicted octanol–water partition coefficient (Wildman–Crippen LogP) is 2.01. The van der Waals surface area contributed by atoms with Gasteiger partial charge >= 0.3 is 5.97 Å². The van der Waals surface area contributed by atoms with Crippen molar-refractivity contribution in [2.45, 2.75) is 44.0 Å². The van der Waals surface area contributed by atoms with E-state index in [1.165, 1.54) is 19.2 Å². The van der Waals surface area contributed by atoms with Crippen molar-refractivity contribution in [3.63, 3.8) is 0 Å². The summed E-state index contributed by atoms with van der Waals surface area (Å²) in [6.07, 6.45) is 2.05. The first-order valence-electron chi connectivity index (χ1n) is 6.57. The van der Waals surface area contributed by atoms with Crippen molar-refractivity contribution in [2.24, 2.45) is 0 Å². The minimum absolute atomic E-state index is 0.147. The Morgan fingerprint density at radius 3 is 2.40 bits per heavy atom. The average molecular weight is 299 g/mol. The van der Waals surface area contributed by atoms with Gasteiger partial charge in [0.05, 0.1) is 12.0 Å². The van der Waals surface area contributed by atoms with Gasteiger partial charge in [-0.3, -0.25) is 4.79 Å². The van der Waals surface area contributed by atoms with Crippen LogP contribution in [0.25, 0.3) is 0 Å². The van der Waals surface area contributed by atoms with Crippen LogP contribution in [0.15, 0.2) is 29.2 Å². The van der Waals surface area contributed by atoms with E-state index in [-0.39, 0.29) is 4.90 Å². The molecule has 1 rings (SSSR count). The van der Waals surface area contributed by atoms with Crippen LogP contribution in [0, 0.1) is 6.92 Å². The highest BCUT2D eigenvalue weighted by Gasteiger charge is 2.25. The molecule has 0 saturated carbocycles. The molecule has 1 unspecified atom stereocenters. The molecule has 0 spiro atoms. The Balaban J connectivity index is 2.90. The maximum absolute atomic E-state index is 12.2. The zero-order valence-corrected chi connectivity index (χ0v) is 12.9. The molecule has 1 aromatic rings. The number of carbonyl (C=O) groups is 1. The van der Waals surface area contributed by atoms with Crippen LogP contribution in [0.3, 0.4) is 0 Å². The van der Waals surface area contributed by atoms with Gasteiger partial charge in [0.2, 0.25) is 10.0 Å². The zero-order valence-electron chi connectivity index (χ0n) is 12.0. The van der Waals surface area contributed by atoms with E-state index in [1.807, 2.05) is 13.8 Å². The zero-order chi connectivity index (χ0) is 15.2. The van der Waals surface area contributed by atoms with E-state index < -0.39 is 22.0 Å². The van der Waals surface area contributed by atoms with Gasteiger partial charge in [0.25, 0.3) is 0 Å². The quantitative estimate of drug-likeness (QED) is 0.782. The van der Waals surface area contributed by atoms with Crippen LogP contribution in [0.5, 0.6) is 0 Å². The number of esters is 1. The van der Waals surface area contributed by atoms with Crippen LogP contribution in [-0.4, -0.2) is 27.5 Å². The van der Waals surface area contributed by atoms with Crippen molar-refractivity contribution in [3.05, 3.63) is 29.8 Å². The van der Waals surface area contributed by atoms with Crippen LogP contribution in [-0.2, 0) is 19.6 Å². The Kier molecular flexibility index (Phi) is 6.16. The minimum Gasteiger partial charge on any atom is -0.468 e. The molecule has 1 aromatic carbocycles. The van der Waals surface area contributed by atoms with E-state index in [4.69, 9.17) is 0 Å². The number of benzene rings is 1. The van der Waals surface area contributed by atoms with Crippen LogP contribution in [0.4, 0.5) is 0 Å². The van der Waals surface area contributed by atoms with Gasteiger partial charge in [0.1, 0.15) is 6.04 Å². The first-order valence-corrected chi connectivity index (χ1v) is 8.06. The highest BCUT2D eigenvalue weighted by atomic mass is 32.2. The molecular formula is C14H21NO4S.